The Bertz CT molecular complexity index is 861. The fourth-order valence-electron chi connectivity index (χ4n) is 2.58. The highest BCUT2D eigenvalue weighted by molar-refractivity contribution is 5.87. The number of allylic oxidation sites excluding steroid dienone is 1. The highest BCUT2D eigenvalue weighted by Crippen LogP contribution is 2.38. The van der Waals surface area contributed by atoms with Crippen LogP contribution >= 0.6 is 0 Å². The lowest BCUT2D eigenvalue weighted by atomic mass is 10.1. The number of carbonyl (C=O) groups excluding carboxylic acids is 1. The van der Waals surface area contributed by atoms with Gasteiger partial charge in [-0.05, 0) is 48.4 Å². The van der Waals surface area contributed by atoms with E-state index in [-0.39, 0.29) is 5.78 Å². The molecule has 0 aliphatic rings. The van der Waals surface area contributed by atoms with E-state index in [1.54, 1.807) is 34.6 Å². The third kappa shape index (κ3) is 5.30. The molecule has 0 fully saturated rings. The zero-order valence-corrected chi connectivity index (χ0v) is 16.7. The molecule has 28 heavy (non-hydrogen) atoms. The van der Waals surface area contributed by atoms with Gasteiger partial charge in [0.05, 0.1) is 34.1 Å². The lowest BCUT2D eigenvalue weighted by Crippen LogP contribution is -1.95. The summed E-state index contributed by atoms with van der Waals surface area (Å²) in [5.41, 5.74) is 2.61. The van der Waals surface area contributed by atoms with Gasteiger partial charge in [-0.2, -0.15) is 0 Å². The average molecular weight is 383 g/mol. The average Bonchev–Trinajstić information content (AvgIpc) is 2.71. The molecule has 0 heterocycles. The maximum absolute atomic E-state index is 11.1. The van der Waals surface area contributed by atoms with Crippen molar-refractivity contribution in [1.82, 2.24) is 0 Å². The first-order chi connectivity index (χ1) is 13.5. The highest BCUT2D eigenvalue weighted by atomic mass is 16.5. The zero-order valence-electron chi connectivity index (χ0n) is 16.7. The standard InChI is InChI=1S/C22H25NO5/c1-15(24)10-11-23-18-12-16(8-9-19(18)25-2)6-7-17-13-20(26-3)22(28-5)21(14-17)27-4/h6-14,23H,1-5H3/b7-6-,11-10-. The van der Waals surface area contributed by atoms with Crippen LogP contribution in [0.3, 0.4) is 0 Å². The molecule has 148 valence electrons. The Morgan fingerprint density at radius 1 is 0.821 bits per heavy atom. The summed E-state index contributed by atoms with van der Waals surface area (Å²) in [6, 6.07) is 9.47. The molecule has 0 aromatic heterocycles. The van der Waals surface area contributed by atoms with Gasteiger partial charge in [0.2, 0.25) is 5.75 Å². The molecule has 0 saturated heterocycles. The summed E-state index contributed by atoms with van der Waals surface area (Å²) in [5, 5.41) is 3.07. The first-order valence-corrected chi connectivity index (χ1v) is 8.62. The number of rotatable bonds is 9. The van der Waals surface area contributed by atoms with Gasteiger partial charge in [0.15, 0.2) is 17.3 Å². The summed E-state index contributed by atoms with van der Waals surface area (Å²) in [6.45, 7) is 1.49. The number of ether oxygens (including phenoxy) is 4. The quantitative estimate of drug-likeness (QED) is 0.511. The van der Waals surface area contributed by atoms with Crippen LogP contribution in [0.4, 0.5) is 5.69 Å². The Kier molecular flexibility index (Phi) is 7.51. The van der Waals surface area contributed by atoms with Gasteiger partial charge in [-0.25, -0.2) is 0 Å². The minimum atomic E-state index is -0.0371. The van der Waals surface area contributed by atoms with E-state index in [1.165, 1.54) is 13.0 Å². The van der Waals surface area contributed by atoms with Crippen LogP contribution in [-0.2, 0) is 4.79 Å². The van der Waals surface area contributed by atoms with E-state index in [9.17, 15) is 4.79 Å². The molecule has 0 atom stereocenters. The van der Waals surface area contributed by atoms with Crippen LogP contribution in [0.5, 0.6) is 23.0 Å². The van der Waals surface area contributed by atoms with Crippen molar-refractivity contribution in [3.63, 3.8) is 0 Å². The molecule has 6 nitrogen and oxygen atoms in total. The normalized spacial score (nSPS) is 10.9. The zero-order chi connectivity index (χ0) is 20.5. The monoisotopic (exact) mass is 383 g/mol. The van der Waals surface area contributed by atoms with Crippen molar-refractivity contribution in [1.29, 1.82) is 0 Å². The lowest BCUT2D eigenvalue weighted by molar-refractivity contribution is -0.112. The van der Waals surface area contributed by atoms with Gasteiger partial charge in [-0.15, -0.1) is 0 Å². The fourth-order valence-corrected chi connectivity index (χ4v) is 2.58. The molecule has 0 unspecified atom stereocenters. The van der Waals surface area contributed by atoms with E-state index >= 15 is 0 Å². The summed E-state index contributed by atoms with van der Waals surface area (Å²) < 4.78 is 21.5. The summed E-state index contributed by atoms with van der Waals surface area (Å²) in [6.07, 6.45) is 6.95. The number of benzene rings is 2. The Morgan fingerprint density at radius 3 is 1.96 bits per heavy atom. The number of hydrogen-bond donors (Lipinski definition) is 1. The molecule has 0 bridgehead atoms. The first-order valence-electron chi connectivity index (χ1n) is 8.62. The maximum Gasteiger partial charge on any atom is 0.203 e. The predicted octanol–water partition coefficient (Wildman–Crippen LogP) is 4.41. The van der Waals surface area contributed by atoms with E-state index < -0.39 is 0 Å². The molecular formula is C22H25NO5. The first kappa shape index (κ1) is 20.9. The number of anilines is 1. The fraction of sp³-hybridized carbons (Fsp3) is 0.227. The molecule has 6 heteroatoms. The van der Waals surface area contributed by atoms with Crippen LogP contribution < -0.4 is 24.3 Å². The molecule has 0 spiro atoms. The van der Waals surface area contributed by atoms with Crippen LogP contribution in [0.2, 0.25) is 0 Å². The second-order valence-corrected chi connectivity index (χ2v) is 5.84. The summed E-state index contributed by atoms with van der Waals surface area (Å²) in [7, 11) is 6.34. The maximum atomic E-state index is 11.1. The molecule has 0 aliphatic heterocycles. The largest absolute Gasteiger partial charge is 0.495 e. The van der Waals surface area contributed by atoms with Crippen LogP contribution in [0.1, 0.15) is 18.1 Å². The van der Waals surface area contributed by atoms with Crippen molar-refractivity contribution in [3.8, 4) is 23.0 Å². The summed E-state index contributed by atoms with van der Waals surface area (Å²) >= 11 is 0. The molecule has 2 aromatic rings. The molecule has 1 N–H and O–H groups in total. The van der Waals surface area contributed by atoms with Crippen LogP contribution in [-0.4, -0.2) is 34.2 Å². The SMILES string of the molecule is COc1ccc(/C=C\c2cc(OC)c(OC)c(OC)c2)cc1N/C=C\C(C)=O. The summed E-state index contributed by atoms with van der Waals surface area (Å²) in [4.78, 5) is 11.1. The molecular weight excluding hydrogens is 358 g/mol. The second kappa shape index (κ2) is 10.1. The van der Waals surface area contributed by atoms with Gasteiger partial charge < -0.3 is 24.3 Å². The molecule has 2 aromatic carbocycles. The number of carbonyl (C=O) groups is 1. The van der Waals surface area contributed by atoms with Crippen molar-refractivity contribution in [2.45, 2.75) is 6.92 Å². The predicted molar refractivity (Wildman–Crippen MR) is 111 cm³/mol. The van der Waals surface area contributed by atoms with Gasteiger partial charge in [0, 0.05) is 6.20 Å². The smallest absolute Gasteiger partial charge is 0.203 e. The number of methoxy groups -OCH3 is 4. The Labute approximate surface area is 165 Å². The van der Waals surface area contributed by atoms with Crippen LogP contribution in [0.25, 0.3) is 12.2 Å². The molecule has 0 amide bonds. The lowest BCUT2D eigenvalue weighted by Gasteiger charge is -2.13. The van der Waals surface area contributed by atoms with E-state index in [2.05, 4.69) is 5.32 Å². The van der Waals surface area contributed by atoms with Crippen molar-refractivity contribution in [2.75, 3.05) is 33.8 Å². The van der Waals surface area contributed by atoms with Crippen molar-refractivity contribution >= 4 is 23.6 Å². The van der Waals surface area contributed by atoms with Gasteiger partial charge in [-0.1, -0.05) is 18.2 Å². The molecule has 2 rings (SSSR count). The number of hydrogen-bond acceptors (Lipinski definition) is 6. The Morgan fingerprint density at radius 2 is 1.43 bits per heavy atom. The minimum Gasteiger partial charge on any atom is -0.495 e. The van der Waals surface area contributed by atoms with Crippen molar-refractivity contribution < 1.29 is 23.7 Å². The topological polar surface area (TPSA) is 66.0 Å². The summed E-state index contributed by atoms with van der Waals surface area (Å²) in [5.74, 6) is 2.37. The van der Waals surface area contributed by atoms with Gasteiger partial charge >= 0.3 is 0 Å². The molecule has 0 aliphatic carbocycles. The van der Waals surface area contributed by atoms with E-state index in [4.69, 9.17) is 18.9 Å². The number of ketones is 1. The van der Waals surface area contributed by atoms with Crippen molar-refractivity contribution in [2.24, 2.45) is 0 Å². The van der Waals surface area contributed by atoms with Crippen LogP contribution in [0, 0.1) is 0 Å². The molecule has 0 saturated carbocycles. The van der Waals surface area contributed by atoms with Gasteiger partial charge in [0.25, 0.3) is 0 Å². The molecule has 0 radical (unpaired) electrons. The van der Waals surface area contributed by atoms with E-state index in [0.717, 1.165) is 16.8 Å². The number of nitrogens with one attached hydrogen (secondary N) is 1. The second-order valence-electron chi connectivity index (χ2n) is 5.84. The minimum absolute atomic E-state index is 0.0371. The van der Waals surface area contributed by atoms with E-state index in [1.807, 2.05) is 42.5 Å². The van der Waals surface area contributed by atoms with Crippen molar-refractivity contribution in [3.05, 3.63) is 53.7 Å². The van der Waals surface area contributed by atoms with Crippen LogP contribution in [0.15, 0.2) is 42.6 Å². The Hall–Kier alpha value is -3.41. The van der Waals surface area contributed by atoms with E-state index in [0.29, 0.717) is 23.0 Å². The highest BCUT2D eigenvalue weighted by Gasteiger charge is 2.12. The van der Waals surface area contributed by atoms with Gasteiger partial charge in [0.1, 0.15) is 5.75 Å². The Balaban J connectivity index is 2.32. The third-order valence-corrected chi connectivity index (χ3v) is 3.94. The third-order valence-electron chi connectivity index (χ3n) is 3.94. The van der Waals surface area contributed by atoms with Gasteiger partial charge in [-0.3, -0.25) is 4.79 Å².